The van der Waals surface area contributed by atoms with Crippen molar-refractivity contribution >= 4 is 28.4 Å². The van der Waals surface area contributed by atoms with Crippen LogP contribution in [0.2, 0.25) is 0 Å². The fourth-order valence-electron chi connectivity index (χ4n) is 4.87. The van der Waals surface area contributed by atoms with Gasteiger partial charge in [0.25, 0.3) is 6.43 Å². The van der Waals surface area contributed by atoms with Crippen molar-refractivity contribution in [3.8, 4) is 11.3 Å². The number of rotatable bonds is 6. The van der Waals surface area contributed by atoms with Crippen molar-refractivity contribution in [3.05, 3.63) is 30.0 Å². The summed E-state index contributed by atoms with van der Waals surface area (Å²) in [6, 6.07) is 3.20. The third-order valence-electron chi connectivity index (χ3n) is 6.92. The highest BCUT2D eigenvalue weighted by atomic mass is 19.3. The lowest BCUT2D eigenvalue weighted by Gasteiger charge is -2.34. The minimum Gasteiger partial charge on any atom is -0.371 e. The Morgan fingerprint density at radius 1 is 1.16 bits per heavy atom. The van der Waals surface area contributed by atoms with Crippen LogP contribution in [0.1, 0.15) is 51.3 Å². The van der Waals surface area contributed by atoms with Crippen LogP contribution in [-0.2, 0) is 6.54 Å². The first-order valence-corrected chi connectivity index (χ1v) is 12.3. The first-order chi connectivity index (χ1) is 17.7. The number of halogens is 3. The van der Waals surface area contributed by atoms with E-state index in [1.54, 1.807) is 26.1 Å². The second-order valence-corrected chi connectivity index (χ2v) is 9.22. The quantitative estimate of drug-likeness (QED) is 0.273. The van der Waals surface area contributed by atoms with Crippen LogP contribution >= 0.6 is 0 Å². The van der Waals surface area contributed by atoms with E-state index in [9.17, 15) is 13.2 Å². The van der Waals surface area contributed by atoms with Crippen LogP contribution in [0.25, 0.3) is 27.9 Å². The van der Waals surface area contributed by atoms with Gasteiger partial charge in [-0.25, -0.2) is 27.7 Å². The van der Waals surface area contributed by atoms with Crippen molar-refractivity contribution in [2.24, 2.45) is 0 Å². The molecular formula is C24H32F3N9O. The summed E-state index contributed by atoms with van der Waals surface area (Å²) in [6.07, 6.45) is 5.79. The zero-order valence-corrected chi connectivity index (χ0v) is 21.1. The fourth-order valence-corrected chi connectivity index (χ4v) is 4.87. The summed E-state index contributed by atoms with van der Waals surface area (Å²) < 4.78 is 43.1. The van der Waals surface area contributed by atoms with Gasteiger partial charge < -0.3 is 20.8 Å². The molecule has 5 rings (SSSR count). The molecule has 1 aliphatic carbocycles. The van der Waals surface area contributed by atoms with Crippen molar-refractivity contribution in [1.82, 2.24) is 34.6 Å². The van der Waals surface area contributed by atoms with Gasteiger partial charge in [-0.15, -0.1) is 5.10 Å². The topological polar surface area (TPSA) is 131 Å². The van der Waals surface area contributed by atoms with Crippen LogP contribution in [0.5, 0.6) is 0 Å². The summed E-state index contributed by atoms with van der Waals surface area (Å²) in [7, 11) is 1.62. The molecule has 0 aromatic carbocycles. The number of nitrogens with two attached hydrogens (primary N) is 1. The predicted octanol–water partition coefficient (Wildman–Crippen LogP) is 4.56. The molecule has 0 spiro atoms. The van der Waals surface area contributed by atoms with Crippen LogP contribution in [0.15, 0.2) is 18.3 Å². The van der Waals surface area contributed by atoms with Crippen LogP contribution in [0, 0.1) is 12.7 Å². The Balaban J connectivity index is 0.000000270. The highest BCUT2D eigenvalue weighted by Gasteiger charge is 2.29. The minimum absolute atomic E-state index is 0.0255. The van der Waals surface area contributed by atoms with Gasteiger partial charge in [-0.1, -0.05) is 26.2 Å². The van der Waals surface area contributed by atoms with Gasteiger partial charge in [0.2, 0.25) is 5.95 Å². The van der Waals surface area contributed by atoms with Crippen molar-refractivity contribution in [1.29, 1.82) is 0 Å². The number of hydrogen-bond acceptors (Lipinski definition) is 8. The molecule has 37 heavy (non-hydrogen) atoms. The lowest BCUT2D eigenvalue weighted by Crippen LogP contribution is -2.44. The molecule has 1 fully saturated rings. The number of nitrogens with one attached hydrogen (secondary N) is 2. The number of pyridine rings is 1. The van der Waals surface area contributed by atoms with Crippen LogP contribution in [-0.4, -0.2) is 53.4 Å². The van der Waals surface area contributed by atoms with Gasteiger partial charge in [0.15, 0.2) is 17.3 Å². The Labute approximate surface area is 212 Å². The van der Waals surface area contributed by atoms with E-state index in [0.717, 1.165) is 25.5 Å². The van der Waals surface area contributed by atoms with E-state index in [2.05, 4.69) is 37.8 Å². The second kappa shape index (κ2) is 10.9. The number of hydroxylamine groups is 1. The molecule has 0 atom stereocenters. The van der Waals surface area contributed by atoms with E-state index in [1.807, 2.05) is 0 Å². The van der Waals surface area contributed by atoms with Crippen LogP contribution < -0.4 is 16.5 Å². The standard InChI is InChI=1S/C16H15F3N8.C8H17NO/c1-7-22-10-4-3-9(23-15(10)26(7)6-11(18)19)12-8(17)5-27-13(12)14(21-2)24-16(20)25-27;1-2-8(9-10)6-4-3-5-7-8/h3-5,11H,6H2,1-2H3,(H3,20,21,24,25);9-10H,2-7H2,1H3. The number of hydrogen-bond donors (Lipinski definition) is 4. The smallest absolute Gasteiger partial charge is 0.256 e. The molecule has 0 saturated heterocycles. The number of imidazole rings is 1. The number of anilines is 2. The number of nitrogens with zero attached hydrogens (tertiary/aromatic N) is 6. The molecule has 0 unspecified atom stereocenters. The molecule has 1 saturated carbocycles. The maximum atomic E-state index is 14.7. The molecule has 13 heteroatoms. The van der Waals surface area contributed by atoms with E-state index in [0.29, 0.717) is 22.7 Å². The molecule has 0 aliphatic heterocycles. The van der Waals surface area contributed by atoms with E-state index in [1.165, 1.54) is 28.3 Å². The van der Waals surface area contributed by atoms with E-state index in [4.69, 9.17) is 10.9 Å². The summed E-state index contributed by atoms with van der Waals surface area (Å²) in [4.78, 5) is 12.7. The summed E-state index contributed by atoms with van der Waals surface area (Å²) in [5.41, 5.74) is 9.62. The van der Waals surface area contributed by atoms with Gasteiger partial charge in [-0.3, -0.25) is 0 Å². The lowest BCUT2D eigenvalue weighted by molar-refractivity contribution is 0.0339. The maximum absolute atomic E-state index is 14.7. The molecule has 4 heterocycles. The highest BCUT2D eigenvalue weighted by Crippen LogP contribution is 2.33. The molecule has 0 bridgehead atoms. The number of aromatic nitrogens is 6. The van der Waals surface area contributed by atoms with Crippen LogP contribution in [0.4, 0.5) is 24.9 Å². The molecule has 10 nitrogen and oxygen atoms in total. The third kappa shape index (κ3) is 5.32. The SMILES string of the molecule is CCC1(NO)CCCCC1.CNc1nc(N)nn2cc(F)c(-c3ccc4nc(C)n(CC(F)F)c4n3)c12. The van der Waals surface area contributed by atoms with Gasteiger partial charge in [0, 0.05) is 12.6 Å². The summed E-state index contributed by atoms with van der Waals surface area (Å²) in [5.74, 6) is 0.113. The number of aryl methyl sites for hydroxylation is 1. The molecule has 200 valence electrons. The van der Waals surface area contributed by atoms with Crippen molar-refractivity contribution in [2.75, 3.05) is 18.1 Å². The monoisotopic (exact) mass is 519 g/mol. The zero-order chi connectivity index (χ0) is 26.7. The predicted molar refractivity (Wildman–Crippen MR) is 135 cm³/mol. The lowest BCUT2D eigenvalue weighted by atomic mass is 9.80. The average molecular weight is 520 g/mol. The largest absolute Gasteiger partial charge is 0.371 e. The third-order valence-corrected chi connectivity index (χ3v) is 6.92. The van der Waals surface area contributed by atoms with Crippen molar-refractivity contribution < 1.29 is 18.4 Å². The summed E-state index contributed by atoms with van der Waals surface area (Å²) >= 11 is 0. The Morgan fingerprint density at radius 3 is 2.49 bits per heavy atom. The average Bonchev–Trinajstić information content (AvgIpc) is 3.38. The Hall–Kier alpha value is -3.45. The first-order valence-electron chi connectivity index (χ1n) is 12.3. The van der Waals surface area contributed by atoms with E-state index in [-0.39, 0.29) is 28.4 Å². The highest BCUT2D eigenvalue weighted by molar-refractivity contribution is 5.89. The van der Waals surface area contributed by atoms with Gasteiger partial charge in [-0.05, 0) is 38.3 Å². The summed E-state index contributed by atoms with van der Waals surface area (Å²) in [6.45, 7) is 3.21. The Morgan fingerprint density at radius 2 is 1.89 bits per heavy atom. The molecule has 4 aromatic rings. The van der Waals surface area contributed by atoms with Gasteiger partial charge in [-0.2, -0.15) is 10.5 Å². The molecular weight excluding hydrogens is 487 g/mol. The molecule has 0 radical (unpaired) electrons. The van der Waals surface area contributed by atoms with E-state index < -0.39 is 18.8 Å². The molecule has 5 N–H and O–H groups in total. The number of fused-ring (bicyclic) bond motifs is 2. The molecule has 4 aromatic heterocycles. The zero-order valence-electron chi connectivity index (χ0n) is 21.1. The first kappa shape index (κ1) is 26.6. The Kier molecular flexibility index (Phi) is 7.83. The van der Waals surface area contributed by atoms with Crippen molar-refractivity contribution in [2.45, 2.75) is 70.9 Å². The second-order valence-electron chi connectivity index (χ2n) is 9.22. The summed E-state index contributed by atoms with van der Waals surface area (Å²) in [5, 5.41) is 15.7. The Bertz CT molecular complexity index is 1370. The minimum atomic E-state index is -2.56. The van der Waals surface area contributed by atoms with Crippen molar-refractivity contribution in [3.63, 3.8) is 0 Å². The molecule has 1 aliphatic rings. The fraction of sp³-hybridized carbons (Fsp3) is 0.500. The number of alkyl halides is 2. The van der Waals surface area contributed by atoms with E-state index >= 15 is 0 Å². The van der Waals surface area contributed by atoms with Gasteiger partial charge in [0.1, 0.15) is 16.9 Å². The van der Waals surface area contributed by atoms with Gasteiger partial charge >= 0.3 is 0 Å². The maximum Gasteiger partial charge on any atom is 0.256 e. The normalized spacial score (nSPS) is 15.2. The molecule has 0 amide bonds. The van der Waals surface area contributed by atoms with Crippen LogP contribution in [0.3, 0.4) is 0 Å². The van der Waals surface area contributed by atoms with Gasteiger partial charge in [0.05, 0.1) is 24.0 Å². The number of nitrogen functional groups attached to an aromatic ring is 1.